The van der Waals surface area contributed by atoms with Crippen molar-refractivity contribution in [2.24, 2.45) is 22.7 Å². The van der Waals surface area contributed by atoms with Gasteiger partial charge in [-0.05, 0) is 31.4 Å². The molecule has 0 unspecified atom stereocenters. The van der Waals surface area contributed by atoms with Gasteiger partial charge in [0.2, 0.25) is 0 Å². The number of ketones is 1. The van der Waals surface area contributed by atoms with E-state index in [0.717, 1.165) is 0 Å². The van der Waals surface area contributed by atoms with Crippen molar-refractivity contribution in [1.29, 1.82) is 0 Å². The van der Waals surface area contributed by atoms with Crippen LogP contribution in [0.25, 0.3) is 0 Å². The molecule has 5 atom stereocenters. The molecule has 158 valence electrons. The van der Waals surface area contributed by atoms with Gasteiger partial charge in [-0.25, -0.2) is 4.79 Å². The lowest BCUT2D eigenvalue weighted by Gasteiger charge is -2.53. The first-order chi connectivity index (χ1) is 13.5. The van der Waals surface area contributed by atoms with Crippen molar-refractivity contribution in [3.05, 3.63) is 23.3 Å². The van der Waals surface area contributed by atoms with Crippen LogP contribution in [-0.2, 0) is 33.4 Å². The van der Waals surface area contributed by atoms with Crippen LogP contribution < -0.4 is 0 Å². The molecule has 0 amide bonds. The van der Waals surface area contributed by atoms with E-state index in [-0.39, 0.29) is 17.6 Å². The van der Waals surface area contributed by atoms with Gasteiger partial charge in [-0.3, -0.25) is 14.4 Å². The lowest BCUT2D eigenvalue weighted by molar-refractivity contribution is -0.171. The summed E-state index contributed by atoms with van der Waals surface area (Å²) in [5.41, 5.74) is -0.792. The molecular weight excluding hydrogens is 376 g/mol. The molecule has 1 heterocycles. The fraction of sp³-hybridized carbons (Fsp3) is 0.636. The van der Waals surface area contributed by atoms with Crippen molar-refractivity contribution in [2.45, 2.75) is 59.7 Å². The number of ether oxygens (including phenoxy) is 3. The molecule has 1 aliphatic heterocycles. The van der Waals surface area contributed by atoms with Crippen molar-refractivity contribution in [3.8, 4) is 0 Å². The Morgan fingerprint density at radius 3 is 2.48 bits per heavy atom. The van der Waals surface area contributed by atoms with Crippen molar-refractivity contribution in [3.63, 3.8) is 0 Å². The van der Waals surface area contributed by atoms with E-state index < -0.39 is 40.9 Å². The largest absolute Gasteiger partial charge is 0.466 e. The Hall–Kier alpha value is -2.44. The number of Topliss-reactive ketones (excluding diaryl/α,β-unsaturated/α-hetero) is 1. The van der Waals surface area contributed by atoms with Crippen LogP contribution in [0.15, 0.2) is 23.3 Å². The summed E-state index contributed by atoms with van der Waals surface area (Å²) >= 11 is 0. The van der Waals surface area contributed by atoms with Crippen molar-refractivity contribution < 1.29 is 33.4 Å². The van der Waals surface area contributed by atoms with Gasteiger partial charge in [-0.15, -0.1) is 0 Å². The standard InChI is InChI=1S/C22H28O7/c1-11(2)18(25)13-9-15-19-21(4,14(13)10-17(24)27-6)8-7-16(28-12(3)23)22(19,5)20(26)29-15/h9-11,15-16,19H,7-8H2,1-6H3/b14-10+/t15-,16+,19-,21-,22+/m1/s1. The van der Waals surface area contributed by atoms with E-state index in [4.69, 9.17) is 14.2 Å². The topological polar surface area (TPSA) is 96.0 Å². The molecule has 0 bridgehead atoms. The number of hydrogen-bond donors (Lipinski definition) is 0. The van der Waals surface area contributed by atoms with Gasteiger partial charge in [-0.2, -0.15) is 0 Å². The zero-order valence-corrected chi connectivity index (χ0v) is 17.7. The fourth-order valence-corrected chi connectivity index (χ4v) is 5.35. The molecule has 0 radical (unpaired) electrons. The molecule has 1 saturated heterocycles. The van der Waals surface area contributed by atoms with E-state index in [9.17, 15) is 19.2 Å². The third-order valence-electron chi connectivity index (χ3n) is 6.74. The minimum atomic E-state index is -1.07. The van der Waals surface area contributed by atoms with Crippen LogP contribution in [0.4, 0.5) is 0 Å². The van der Waals surface area contributed by atoms with E-state index in [1.807, 2.05) is 6.92 Å². The van der Waals surface area contributed by atoms with Gasteiger partial charge < -0.3 is 14.2 Å². The van der Waals surface area contributed by atoms with Gasteiger partial charge in [0.05, 0.1) is 7.11 Å². The van der Waals surface area contributed by atoms with Crippen molar-refractivity contribution in [2.75, 3.05) is 7.11 Å². The number of carbonyl (C=O) groups excluding carboxylic acids is 4. The summed E-state index contributed by atoms with van der Waals surface area (Å²) in [6.07, 6.45) is 2.73. The average molecular weight is 404 g/mol. The molecule has 7 heteroatoms. The van der Waals surface area contributed by atoms with Crippen LogP contribution in [0.5, 0.6) is 0 Å². The Morgan fingerprint density at radius 2 is 1.93 bits per heavy atom. The molecule has 29 heavy (non-hydrogen) atoms. The van der Waals surface area contributed by atoms with Gasteiger partial charge in [0, 0.05) is 35.8 Å². The SMILES string of the molecule is COC(=O)/C=C1\C(C(=O)C(C)C)=C[C@H]2OC(=O)[C@@]3(C)[C@@H](OC(C)=O)CC[C@@]1(C)[C@@H]23. The molecule has 0 spiro atoms. The summed E-state index contributed by atoms with van der Waals surface area (Å²) in [6, 6.07) is 0. The lowest BCUT2D eigenvalue weighted by Crippen LogP contribution is -2.57. The Bertz CT molecular complexity index is 836. The van der Waals surface area contributed by atoms with E-state index in [1.165, 1.54) is 20.1 Å². The Morgan fingerprint density at radius 1 is 1.28 bits per heavy atom. The van der Waals surface area contributed by atoms with Gasteiger partial charge in [0.25, 0.3) is 0 Å². The van der Waals surface area contributed by atoms with Crippen LogP contribution in [0.3, 0.4) is 0 Å². The van der Waals surface area contributed by atoms with Gasteiger partial charge in [0.1, 0.15) is 17.6 Å². The molecule has 0 aromatic rings. The Labute approximate surface area is 170 Å². The van der Waals surface area contributed by atoms with Crippen molar-refractivity contribution >= 4 is 23.7 Å². The maximum absolute atomic E-state index is 13.0. The number of allylic oxidation sites excluding steroid dienone is 2. The second kappa shape index (κ2) is 7.11. The zero-order chi connectivity index (χ0) is 21.7. The number of esters is 3. The first-order valence-corrected chi connectivity index (χ1v) is 9.91. The zero-order valence-electron chi connectivity index (χ0n) is 17.7. The highest BCUT2D eigenvalue weighted by molar-refractivity contribution is 6.03. The van der Waals surface area contributed by atoms with Gasteiger partial charge >= 0.3 is 17.9 Å². The van der Waals surface area contributed by atoms with E-state index in [1.54, 1.807) is 26.8 Å². The number of methoxy groups -OCH3 is 1. The molecule has 2 aliphatic carbocycles. The number of hydrogen-bond acceptors (Lipinski definition) is 7. The van der Waals surface area contributed by atoms with E-state index >= 15 is 0 Å². The highest BCUT2D eigenvalue weighted by atomic mass is 16.6. The summed E-state index contributed by atoms with van der Waals surface area (Å²) in [6.45, 7) is 8.59. The minimum absolute atomic E-state index is 0.119. The number of carbonyl (C=O) groups is 4. The molecule has 0 N–H and O–H groups in total. The summed E-state index contributed by atoms with van der Waals surface area (Å²) in [4.78, 5) is 49.7. The average Bonchev–Trinajstić information content (AvgIpc) is 2.91. The predicted molar refractivity (Wildman–Crippen MR) is 102 cm³/mol. The highest BCUT2D eigenvalue weighted by Crippen LogP contribution is 2.64. The van der Waals surface area contributed by atoms with E-state index in [2.05, 4.69) is 0 Å². The predicted octanol–water partition coefficient (Wildman–Crippen LogP) is 2.53. The monoisotopic (exact) mass is 404 g/mol. The molecule has 3 aliphatic rings. The third-order valence-corrected chi connectivity index (χ3v) is 6.74. The van der Waals surface area contributed by atoms with E-state index in [0.29, 0.717) is 24.0 Å². The fourth-order valence-electron chi connectivity index (χ4n) is 5.35. The Kier molecular flexibility index (Phi) is 5.22. The molecular formula is C22H28O7. The van der Waals surface area contributed by atoms with Crippen LogP contribution in [0.2, 0.25) is 0 Å². The second-order valence-corrected chi connectivity index (χ2v) is 8.86. The minimum Gasteiger partial charge on any atom is -0.466 e. The summed E-state index contributed by atoms with van der Waals surface area (Å²) in [5, 5.41) is 0. The van der Waals surface area contributed by atoms with Crippen LogP contribution in [0.1, 0.15) is 47.5 Å². The van der Waals surface area contributed by atoms with Crippen LogP contribution in [0, 0.1) is 22.7 Å². The molecule has 1 saturated carbocycles. The molecule has 2 fully saturated rings. The molecule has 3 rings (SSSR count). The molecule has 0 aromatic heterocycles. The maximum atomic E-state index is 13.0. The second-order valence-electron chi connectivity index (χ2n) is 8.86. The molecule has 7 nitrogen and oxygen atoms in total. The van der Waals surface area contributed by atoms with Gasteiger partial charge in [0.15, 0.2) is 5.78 Å². The Balaban J connectivity index is 2.20. The lowest BCUT2D eigenvalue weighted by atomic mass is 9.49. The van der Waals surface area contributed by atoms with Crippen molar-refractivity contribution in [1.82, 2.24) is 0 Å². The maximum Gasteiger partial charge on any atom is 0.330 e. The normalized spacial score (nSPS) is 36.9. The number of rotatable bonds is 4. The smallest absolute Gasteiger partial charge is 0.330 e. The third kappa shape index (κ3) is 3.11. The highest BCUT2D eigenvalue weighted by Gasteiger charge is 2.69. The quantitative estimate of drug-likeness (QED) is 0.404. The first-order valence-electron chi connectivity index (χ1n) is 9.91. The van der Waals surface area contributed by atoms with Crippen LogP contribution in [-0.4, -0.2) is 43.0 Å². The summed E-state index contributed by atoms with van der Waals surface area (Å²) in [5.74, 6) is -2.24. The molecule has 0 aromatic carbocycles. The van der Waals surface area contributed by atoms with Crippen LogP contribution >= 0.6 is 0 Å². The summed E-state index contributed by atoms with van der Waals surface area (Å²) in [7, 11) is 1.28. The summed E-state index contributed by atoms with van der Waals surface area (Å²) < 4.78 is 16.0. The first kappa shape index (κ1) is 21.3. The van der Waals surface area contributed by atoms with Gasteiger partial charge in [-0.1, -0.05) is 20.8 Å².